The van der Waals surface area contributed by atoms with E-state index in [1.165, 1.54) is 11.3 Å². The molecule has 0 atom stereocenters. The van der Waals surface area contributed by atoms with Crippen LogP contribution in [0.3, 0.4) is 0 Å². The summed E-state index contributed by atoms with van der Waals surface area (Å²) in [6.07, 6.45) is 3.63. The van der Waals surface area contributed by atoms with Crippen molar-refractivity contribution >= 4 is 28.0 Å². The Hall–Kier alpha value is -2.25. The molecule has 0 aliphatic carbocycles. The van der Waals surface area contributed by atoms with Crippen LogP contribution in [0.15, 0.2) is 34.9 Å². The summed E-state index contributed by atoms with van der Waals surface area (Å²) in [6, 6.07) is 10.1. The molecule has 2 heterocycles. The average molecular weight is 282 g/mol. The first kappa shape index (κ1) is 12.8. The zero-order valence-electron chi connectivity index (χ0n) is 11.1. The molecule has 0 saturated heterocycles. The molecule has 0 radical (unpaired) electrons. The summed E-state index contributed by atoms with van der Waals surface area (Å²) < 4.78 is 5.60. The van der Waals surface area contributed by atoms with Gasteiger partial charge < -0.3 is 10.2 Å². The molecule has 0 spiro atoms. The summed E-state index contributed by atoms with van der Waals surface area (Å²) in [5.41, 5.74) is 9.69. The number of furan rings is 1. The fourth-order valence-electron chi connectivity index (χ4n) is 2.43. The quantitative estimate of drug-likeness (QED) is 0.765. The Morgan fingerprint density at radius 2 is 2.15 bits per heavy atom. The number of anilines is 1. The molecule has 20 heavy (non-hydrogen) atoms. The maximum atomic E-state index is 9.19. The van der Waals surface area contributed by atoms with Crippen LogP contribution in [0.1, 0.15) is 23.8 Å². The topological polar surface area (TPSA) is 63.0 Å². The summed E-state index contributed by atoms with van der Waals surface area (Å²) >= 11 is 1.45. The second kappa shape index (κ2) is 5.03. The van der Waals surface area contributed by atoms with E-state index in [1.807, 2.05) is 24.3 Å². The number of nitriles is 1. The van der Waals surface area contributed by atoms with Gasteiger partial charge in [-0.05, 0) is 18.1 Å². The van der Waals surface area contributed by atoms with E-state index in [0.717, 1.165) is 39.8 Å². The number of thiophene rings is 1. The van der Waals surface area contributed by atoms with Crippen LogP contribution in [0, 0.1) is 11.3 Å². The first-order valence-corrected chi connectivity index (χ1v) is 7.35. The molecule has 0 amide bonds. The number of nitrogens with zero attached hydrogens (tertiary/aromatic N) is 1. The minimum absolute atomic E-state index is 0.591. The molecule has 1 aromatic carbocycles. The summed E-state index contributed by atoms with van der Waals surface area (Å²) in [4.78, 5) is 1.65. The highest BCUT2D eigenvalue weighted by atomic mass is 32.1. The van der Waals surface area contributed by atoms with Crippen LogP contribution in [0.25, 0.3) is 21.4 Å². The number of hydrogen-bond acceptors (Lipinski definition) is 4. The van der Waals surface area contributed by atoms with Crippen LogP contribution in [-0.2, 0) is 6.42 Å². The maximum Gasteiger partial charge on any atom is 0.134 e. The Kier molecular flexibility index (Phi) is 3.21. The molecule has 3 aromatic rings. The van der Waals surface area contributed by atoms with Gasteiger partial charge in [0, 0.05) is 15.8 Å². The smallest absolute Gasteiger partial charge is 0.134 e. The van der Waals surface area contributed by atoms with Crippen LogP contribution in [-0.4, -0.2) is 0 Å². The number of benzene rings is 1. The highest BCUT2D eigenvalue weighted by molar-refractivity contribution is 7.17. The van der Waals surface area contributed by atoms with Gasteiger partial charge in [0.2, 0.25) is 0 Å². The van der Waals surface area contributed by atoms with Crippen molar-refractivity contribution < 1.29 is 4.42 Å². The second-order valence-corrected chi connectivity index (χ2v) is 5.68. The van der Waals surface area contributed by atoms with E-state index in [1.54, 1.807) is 6.26 Å². The Morgan fingerprint density at radius 1 is 1.35 bits per heavy atom. The normalized spacial score (nSPS) is 10.8. The first-order valence-electron chi connectivity index (χ1n) is 6.54. The lowest BCUT2D eigenvalue weighted by molar-refractivity contribution is 0.617. The van der Waals surface area contributed by atoms with Gasteiger partial charge in [0.1, 0.15) is 22.8 Å². The SMILES string of the molecule is CCCc1c(-c2coc3ccccc23)sc(C#N)c1N. The lowest BCUT2D eigenvalue weighted by Crippen LogP contribution is -1.92. The van der Waals surface area contributed by atoms with Crippen LogP contribution >= 0.6 is 11.3 Å². The van der Waals surface area contributed by atoms with Gasteiger partial charge in [-0.25, -0.2) is 0 Å². The van der Waals surface area contributed by atoms with Gasteiger partial charge in [0.05, 0.1) is 5.69 Å². The van der Waals surface area contributed by atoms with E-state index in [9.17, 15) is 5.26 Å². The predicted molar refractivity (Wildman–Crippen MR) is 82.6 cm³/mol. The fourth-order valence-corrected chi connectivity index (χ4v) is 3.52. The van der Waals surface area contributed by atoms with Crippen LogP contribution in [0.4, 0.5) is 5.69 Å². The number of fused-ring (bicyclic) bond motifs is 1. The van der Waals surface area contributed by atoms with Crippen molar-refractivity contribution in [3.8, 4) is 16.5 Å². The minimum Gasteiger partial charge on any atom is -0.464 e. The predicted octanol–water partition coefficient (Wildman–Crippen LogP) is 4.57. The molecule has 0 fully saturated rings. The third kappa shape index (κ3) is 1.87. The van der Waals surface area contributed by atoms with E-state index >= 15 is 0 Å². The van der Waals surface area contributed by atoms with Crippen molar-refractivity contribution in [2.45, 2.75) is 19.8 Å². The molecule has 0 bridgehead atoms. The Labute approximate surface area is 121 Å². The first-order chi connectivity index (χ1) is 9.76. The lowest BCUT2D eigenvalue weighted by atomic mass is 10.0. The number of hydrogen-bond donors (Lipinski definition) is 1. The molecular weight excluding hydrogens is 268 g/mol. The van der Waals surface area contributed by atoms with Gasteiger partial charge in [-0.1, -0.05) is 31.5 Å². The van der Waals surface area contributed by atoms with E-state index in [4.69, 9.17) is 10.2 Å². The van der Waals surface area contributed by atoms with Gasteiger partial charge in [-0.3, -0.25) is 0 Å². The van der Waals surface area contributed by atoms with Crippen LogP contribution < -0.4 is 5.73 Å². The van der Waals surface area contributed by atoms with Crippen molar-refractivity contribution in [3.05, 3.63) is 41.0 Å². The number of nitrogen functional groups attached to an aromatic ring is 1. The van der Waals surface area contributed by atoms with Crippen molar-refractivity contribution in [2.75, 3.05) is 5.73 Å². The summed E-state index contributed by atoms with van der Waals surface area (Å²) in [5, 5.41) is 10.3. The Bertz CT molecular complexity index is 808. The molecule has 4 heteroatoms. The maximum absolute atomic E-state index is 9.19. The molecule has 100 valence electrons. The standard InChI is InChI=1S/C16H14N2OS/c1-2-5-11-15(18)14(8-17)20-16(11)12-9-19-13-7-4-3-6-10(12)13/h3-4,6-7,9H,2,5,18H2,1H3. The highest BCUT2D eigenvalue weighted by Gasteiger charge is 2.19. The molecule has 3 nitrogen and oxygen atoms in total. The Morgan fingerprint density at radius 3 is 2.90 bits per heavy atom. The second-order valence-electron chi connectivity index (χ2n) is 4.66. The third-order valence-electron chi connectivity index (χ3n) is 3.38. The summed E-state index contributed by atoms with van der Waals surface area (Å²) in [6.45, 7) is 2.11. The lowest BCUT2D eigenvalue weighted by Gasteiger charge is -2.02. The number of para-hydroxylation sites is 1. The van der Waals surface area contributed by atoms with E-state index in [0.29, 0.717) is 10.6 Å². The third-order valence-corrected chi connectivity index (χ3v) is 4.56. The minimum atomic E-state index is 0.591. The monoisotopic (exact) mass is 282 g/mol. The molecule has 2 aromatic heterocycles. The largest absolute Gasteiger partial charge is 0.464 e. The van der Waals surface area contributed by atoms with E-state index in [2.05, 4.69) is 13.0 Å². The number of rotatable bonds is 3. The van der Waals surface area contributed by atoms with Gasteiger partial charge in [0.15, 0.2) is 0 Å². The van der Waals surface area contributed by atoms with E-state index < -0.39 is 0 Å². The molecule has 2 N–H and O–H groups in total. The average Bonchev–Trinajstić information content (AvgIpc) is 3.02. The van der Waals surface area contributed by atoms with Crippen molar-refractivity contribution in [1.29, 1.82) is 5.26 Å². The molecule has 0 aliphatic heterocycles. The van der Waals surface area contributed by atoms with Crippen LogP contribution in [0.2, 0.25) is 0 Å². The van der Waals surface area contributed by atoms with E-state index in [-0.39, 0.29) is 0 Å². The molecule has 0 aliphatic rings. The molecule has 3 rings (SSSR count). The van der Waals surface area contributed by atoms with Crippen molar-refractivity contribution in [1.82, 2.24) is 0 Å². The molecule has 0 saturated carbocycles. The number of nitrogens with two attached hydrogens (primary N) is 1. The summed E-state index contributed by atoms with van der Waals surface area (Å²) in [7, 11) is 0. The zero-order valence-corrected chi connectivity index (χ0v) is 12.0. The molecule has 0 unspecified atom stereocenters. The summed E-state index contributed by atoms with van der Waals surface area (Å²) in [5.74, 6) is 0. The van der Waals surface area contributed by atoms with Gasteiger partial charge in [0.25, 0.3) is 0 Å². The van der Waals surface area contributed by atoms with Gasteiger partial charge >= 0.3 is 0 Å². The Balaban J connectivity index is 2.26. The zero-order chi connectivity index (χ0) is 14.1. The molecular formula is C16H14N2OS. The van der Waals surface area contributed by atoms with Crippen LogP contribution in [0.5, 0.6) is 0 Å². The van der Waals surface area contributed by atoms with Crippen molar-refractivity contribution in [3.63, 3.8) is 0 Å². The van der Waals surface area contributed by atoms with Crippen molar-refractivity contribution in [2.24, 2.45) is 0 Å². The van der Waals surface area contributed by atoms with Gasteiger partial charge in [-0.15, -0.1) is 11.3 Å². The van der Waals surface area contributed by atoms with Gasteiger partial charge in [-0.2, -0.15) is 5.26 Å². The fraction of sp³-hybridized carbons (Fsp3) is 0.188. The highest BCUT2D eigenvalue weighted by Crippen LogP contribution is 2.42.